The summed E-state index contributed by atoms with van der Waals surface area (Å²) in [5, 5.41) is 2.68. The molecule has 1 aromatic heterocycles. The third-order valence-electron chi connectivity index (χ3n) is 8.51. The summed E-state index contributed by atoms with van der Waals surface area (Å²) < 4.78 is 23.8. The van der Waals surface area contributed by atoms with E-state index in [0.717, 1.165) is 13.0 Å². The minimum atomic E-state index is -1.16. The van der Waals surface area contributed by atoms with E-state index >= 15 is 0 Å². The minimum Gasteiger partial charge on any atom is -0.352 e. The number of nitrogens with one attached hydrogen (secondary N) is 1. The van der Waals surface area contributed by atoms with E-state index in [1.54, 1.807) is 26.1 Å². The van der Waals surface area contributed by atoms with Crippen molar-refractivity contribution < 1.29 is 18.6 Å². The number of nitrogens with zero attached hydrogens (tertiary/aromatic N) is 3. The predicted octanol–water partition coefficient (Wildman–Crippen LogP) is 4.98. The summed E-state index contributed by atoms with van der Waals surface area (Å²) in [6, 6.07) is 2.08. The zero-order valence-corrected chi connectivity index (χ0v) is 22.9. The van der Waals surface area contributed by atoms with Crippen LogP contribution in [0.3, 0.4) is 0 Å². The maximum atomic E-state index is 12.8. The average Bonchev–Trinajstić information content (AvgIpc) is 3.57. The van der Waals surface area contributed by atoms with Crippen molar-refractivity contribution in [1.82, 2.24) is 14.2 Å². The molecule has 1 N–H and O–H groups in total. The molecule has 9 nitrogen and oxygen atoms in total. The van der Waals surface area contributed by atoms with Crippen LogP contribution in [0.1, 0.15) is 91.7 Å². The highest BCUT2D eigenvalue weighted by molar-refractivity contribution is 7.45. The van der Waals surface area contributed by atoms with E-state index in [2.05, 4.69) is 28.8 Å². The Hall–Kier alpha value is -1.38. The molecule has 4 fully saturated rings. The predicted molar refractivity (Wildman–Crippen MR) is 138 cm³/mol. The highest BCUT2D eigenvalue weighted by Gasteiger charge is 2.58. The molecule has 1 unspecified atom stereocenters. The number of anilines is 1. The van der Waals surface area contributed by atoms with E-state index < -0.39 is 20.4 Å². The number of hydrogen-bond donors (Lipinski definition) is 1. The number of carbonyl (C=O) groups excluding carboxylic acids is 1. The molecular weight excluding hydrogens is 479 g/mol. The van der Waals surface area contributed by atoms with Crippen molar-refractivity contribution in [3.8, 4) is 0 Å². The smallest absolute Gasteiger partial charge is 0.351 e. The molecule has 5 rings (SSSR count). The topological polar surface area (TPSA) is 94.9 Å². The van der Waals surface area contributed by atoms with E-state index in [1.165, 1.54) is 49.5 Å². The van der Waals surface area contributed by atoms with Gasteiger partial charge < -0.3 is 19.1 Å². The van der Waals surface area contributed by atoms with E-state index in [9.17, 15) is 9.59 Å². The summed E-state index contributed by atoms with van der Waals surface area (Å²) in [7, 11) is -1.16. The Morgan fingerprint density at radius 1 is 1.28 bits per heavy atom. The molecule has 1 aliphatic carbocycles. The first kappa shape index (κ1) is 26.2. The molecule has 1 aromatic rings. The van der Waals surface area contributed by atoms with E-state index in [1.807, 2.05) is 0 Å². The molecule has 200 valence electrons. The molecular formula is C26H41N4O5P. The number of amides is 1. The van der Waals surface area contributed by atoms with E-state index in [-0.39, 0.29) is 35.5 Å². The maximum Gasteiger partial charge on any atom is 0.351 e. The fourth-order valence-electron chi connectivity index (χ4n) is 6.35. The lowest BCUT2D eigenvalue weighted by Crippen LogP contribution is -2.46. The summed E-state index contributed by atoms with van der Waals surface area (Å²) >= 11 is 0. The van der Waals surface area contributed by atoms with Crippen LogP contribution in [0.25, 0.3) is 0 Å². The second kappa shape index (κ2) is 10.8. The summed E-state index contributed by atoms with van der Waals surface area (Å²) in [5.41, 5.74) is -0.579. The van der Waals surface area contributed by atoms with Gasteiger partial charge >= 0.3 is 5.69 Å². The van der Waals surface area contributed by atoms with Gasteiger partial charge in [0.1, 0.15) is 12.0 Å². The Labute approximate surface area is 215 Å². The van der Waals surface area contributed by atoms with E-state index in [4.69, 9.17) is 13.8 Å². The minimum absolute atomic E-state index is 0.115. The van der Waals surface area contributed by atoms with E-state index in [0.29, 0.717) is 18.4 Å². The summed E-state index contributed by atoms with van der Waals surface area (Å²) in [6.07, 6.45) is 11.1. The summed E-state index contributed by atoms with van der Waals surface area (Å²) in [4.78, 5) is 28.8. The lowest BCUT2D eigenvalue weighted by atomic mass is 9.74. The number of ether oxygens (including phenoxy) is 1. The molecule has 3 aliphatic heterocycles. The van der Waals surface area contributed by atoms with Crippen LogP contribution in [0.2, 0.25) is 0 Å². The largest absolute Gasteiger partial charge is 0.352 e. The zero-order valence-electron chi connectivity index (χ0n) is 22.0. The van der Waals surface area contributed by atoms with Gasteiger partial charge in [-0.15, -0.1) is 0 Å². The van der Waals surface area contributed by atoms with Gasteiger partial charge in [0.2, 0.25) is 5.91 Å². The number of rotatable bonds is 7. The SMILES string of the molecule is CC[C@H]1O[C@@H](n2ccc(NC(=O)C(C)C)nc2=O)CC1O[P@]1O[C@@](C)(C2CCCCC2)[C@H]2CCCN21. The Kier molecular flexibility index (Phi) is 7.85. The molecule has 1 saturated carbocycles. The highest BCUT2D eigenvalue weighted by Crippen LogP contribution is 2.64. The summed E-state index contributed by atoms with van der Waals surface area (Å²) in [6.45, 7) is 9.03. The average molecular weight is 521 g/mol. The van der Waals surface area contributed by atoms with Gasteiger partial charge in [0.15, 0.2) is 0 Å². The molecule has 1 amide bonds. The zero-order chi connectivity index (χ0) is 25.4. The van der Waals surface area contributed by atoms with Crippen molar-refractivity contribution >= 4 is 20.3 Å². The Bertz CT molecular complexity index is 999. The Balaban J connectivity index is 1.28. The van der Waals surface area contributed by atoms with Crippen LogP contribution < -0.4 is 11.0 Å². The highest BCUT2D eigenvalue weighted by atomic mass is 31.2. The number of fused-ring (bicyclic) bond motifs is 1. The van der Waals surface area contributed by atoms with Crippen molar-refractivity contribution in [3.05, 3.63) is 22.7 Å². The summed E-state index contributed by atoms with van der Waals surface area (Å²) in [5.74, 6) is 0.501. The van der Waals surface area contributed by atoms with Crippen molar-refractivity contribution in [1.29, 1.82) is 0 Å². The van der Waals surface area contributed by atoms with Gasteiger partial charge in [-0.2, -0.15) is 4.98 Å². The molecule has 4 heterocycles. The van der Waals surface area contributed by atoms with Gasteiger partial charge in [-0.05, 0) is 51.0 Å². The van der Waals surface area contributed by atoms with Crippen molar-refractivity contribution in [3.63, 3.8) is 0 Å². The maximum absolute atomic E-state index is 12.8. The first-order valence-corrected chi connectivity index (χ1v) is 14.9. The standard InChI is InChI=1S/C26H41N4O5P/c1-5-19-20(16-23(33-19)29-15-13-22(28-25(29)32)27-24(31)17(2)3)34-36-30-14-9-12-21(30)26(4,35-36)18-10-7-6-8-11-18/h13,15,17-21,23H,5-12,14,16H2,1-4H3,(H,27,28,31,32)/t19-,20?,21-,23-,26+,36-/m1/s1. The number of aromatic nitrogens is 2. The van der Waals surface area contributed by atoms with Crippen LogP contribution >= 0.6 is 8.53 Å². The lowest BCUT2D eigenvalue weighted by molar-refractivity contribution is -0.118. The molecule has 10 heteroatoms. The normalized spacial score (nSPS) is 35.4. The Morgan fingerprint density at radius 2 is 2.06 bits per heavy atom. The third-order valence-corrected chi connectivity index (χ3v) is 10.4. The van der Waals surface area contributed by atoms with Gasteiger partial charge in [-0.1, -0.05) is 40.0 Å². The fraction of sp³-hybridized carbons (Fsp3) is 0.808. The van der Waals surface area contributed by atoms with Crippen molar-refractivity contribution in [2.24, 2.45) is 11.8 Å². The van der Waals surface area contributed by atoms with Crippen LogP contribution in [0.4, 0.5) is 5.82 Å². The van der Waals surface area contributed by atoms with Crippen LogP contribution in [0.5, 0.6) is 0 Å². The molecule has 3 saturated heterocycles. The third kappa shape index (κ3) is 5.02. The van der Waals surface area contributed by atoms with Gasteiger partial charge in [-0.25, -0.2) is 9.46 Å². The monoisotopic (exact) mass is 520 g/mol. The molecule has 0 bridgehead atoms. The first-order valence-electron chi connectivity index (χ1n) is 13.8. The second-order valence-corrected chi connectivity index (χ2v) is 12.6. The van der Waals surface area contributed by atoms with Crippen LogP contribution in [-0.2, 0) is 18.6 Å². The second-order valence-electron chi connectivity index (χ2n) is 11.2. The molecule has 6 atom stereocenters. The lowest BCUT2D eigenvalue weighted by Gasteiger charge is -2.39. The quantitative estimate of drug-likeness (QED) is 0.507. The molecule has 0 aromatic carbocycles. The molecule has 0 radical (unpaired) electrons. The molecule has 36 heavy (non-hydrogen) atoms. The first-order chi connectivity index (χ1) is 17.3. The van der Waals surface area contributed by atoms with Gasteiger partial charge in [0, 0.05) is 31.1 Å². The van der Waals surface area contributed by atoms with Crippen LogP contribution in [0, 0.1) is 11.8 Å². The van der Waals surface area contributed by atoms with Gasteiger partial charge in [-0.3, -0.25) is 9.36 Å². The van der Waals surface area contributed by atoms with Crippen molar-refractivity contribution in [2.75, 3.05) is 11.9 Å². The van der Waals surface area contributed by atoms with Crippen LogP contribution in [0.15, 0.2) is 17.1 Å². The fourth-order valence-corrected chi connectivity index (χ4v) is 8.55. The number of carbonyl (C=O) groups is 1. The Morgan fingerprint density at radius 3 is 2.75 bits per heavy atom. The van der Waals surface area contributed by atoms with Gasteiger partial charge in [0.25, 0.3) is 8.53 Å². The number of hydrogen-bond acceptors (Lipinski definition) is 7. The van der Waals surface area contributed by atoms with Crippen LogP contribution in [-0.4, -0.2) is 50.5 Å². The molecule has 4 aliphatic rings. The van der Waals surface area contributed by atoms with Crippen molar-refractivity contribution in [2.45, 2.75) is 116 Å². The molecule has 0 spiro atoms. The van der Waals surface area contributed by atoms with Gasteiger partial charge in [0.05, 0.1) is 17.8 Å².